The Kier molecular flexibility index (Phi) is 10.8. The van der Waals surface area contributed by atoms with E-state index in [0.29, 0.717) is 30.6 Å². The van der Waals surface area contributed by atoms with Crippen molar-refractivity contribution >= 4 is 11.9 Å². The Labute approximate surface area is 237 Å². The number of esters is 2. The van der Waals surface area contributed by atoms with E-state index in [4.69, 9.17) is 23.7 Å². The van der Waals surface area contributed by atoms with Crippen molar-refractivity contribution in [2.75, 3.05) is 20.2 Å². The summed E-state index contributed by atoms with van der Waals surface area (Å²) in [6, 6.07) is 14.6. The summed E-state index contributed by atoms with van der Waals surface area (Å²) in [4.78, 5) is 26.7. The number of carbonyl (C=O) groups is 2. The fourth-order valence-corrected chi connectivity index (χ4v) is 5.79. The van der Waals surface area contributed by atoms with Crippen molar-refractivity contribution in [2.45, 2.75) is 96.9 Å². The van der Waals surface area contributed by atoms with Gasteiger partial charge in [-0.3, -0.25) is 4.79 Å². The molecule has 0 amide bonds. The Bertz CT molecular complexity index is 1120. The molecule has 1 saturated heterocycles. The molecule has 1 heterocycles. The SMILES string of the molecule is CCCN(CCC)[C@H]1CCc2c(ccc(OCc3ccccc3)c2OC2CC(OC(C)=O)C[C@@H](C(=O)OC)O2)C1. The molecule has 0 aromatic heterocycles. The van der Waals surface area contributed by atoms with Gasteiger partial charge in [-0.15, -0.1) is 0 Å². The van der Waals surface area contributed by atoms with Gasteiger partial charge in [0.15, 0.2) is 17.6 Å². The summed E-state index contributed by atoms with van der Waals surface area (Å²) in [7, 11) is 1.32. The van der Waals surface area contributed by atoms with E-state index in [9.17, 15) is 9.59 Å². The van der Waals surface area contributed by atoms with Gasteiger partial charge in [-0.25, -0.2) is 4.79 Å². The Hall–Kier alpha value is -3.10. The van der Waals surface area contributed by atoms with Crippen LogP contribution in [0.1, 0.15) is 69.6 Å². The largest absolute Gasteiger partial charge is 0.485 e. The monoisotopic (exact) mass is 553 g/mol. The van der Waals surface area contributed by atoms with Crippen molar-refractivity contribution in [3.05, 3.63) is 59.2 Å². The van der Waals surface area contributed by atoms with Crippen LogP contribution in [-0.2, 0) is 43.2 Å². The molecule has 0 bridgehead atoms. The zero-order chi connectivity index (χ0) is 28.5. The summed E-state index contributed by atoms with van der Waals surface area (Å²) in [6.45, 7) is 8.41. The van der Waals surface area contributed by atoms with Crippen LogP contribution >= 0.6 is 0 Å². The lowest BCUT2D eigenvalue weighted by Crippen LogP contribution is -2.44. The maximum Gasteiger partial charge on any atom is 0.335 e. The van der Waals surface area contributed by atoms with Crippen molar-refractivity contribution < 1.29 is 33.3 Å². The first-order chi connectivity index (χ1) is 19.4. The van der Waals surface area contributed by atoms with E-state index in [1.807, 2.05) is 36.4 Å². The van der Waals surface area contributed by atoms with Gasteiger partial charge in [-0.2, -0.15) is 0 Å². The first kappa shape index (κ1) is 29.9. The van der Waals surface area contributed by atoms with E-state index >= 15 is 0 Å². The molecule has 218 valence electrons. The van der Waals surface area contributed by atoms with Crippen molar-refractivity contribution in [1.82, 2.24) is 4.90 Å². The summed E-state index contributed by atoms with van der Waals surface area (Å²) in [6.07, 6.45) is 3.40. The second kappa shape index (κ2) is 14.5. The van der Waals surface area contributed by atoms with Crippen molar-refractivity contribution in [1.29, 1.82) is 0 Å². The lowest BCUT2D eigenvalue weighted by molar-refractivity contribution is -0.204. The summed E-state index contributed by atoms with van der Waals surface area (Å²) >= 11 is 0. The molecule has 1 aliphatic heterocycles. The van der Waals surface area contributed by atoms with Crippen LogP contribution < -0.4 is 9.47 Å². The second-order valence-electron chi connectivity index (χ2n) is 10.6. The molecule has 1 aliphatic carbocycles. The number of hydrogen-bond acceptors (Lipinski definition) is 8. The highest BCUT2D eigenvalue weighted by atomic mass is 16.7. The minimum Gasteiger partial charge on any atom is -0.485 e. The molecule has 0 spiro atoms. The molecule has 40 heavy (non-hydrogen) atoms. The summed E-state index contributed by atoms with van der Waals surface area (Å²) in [5.74, 6) is 0.346. The number of benzene rings is 2. The summed E-state index contributed by atoms with van der Waals surface area (Å²) < 4.78 is 29.3. The summed E-state index contributed by atoms with van der Waals surface area (Å²) in [5.41, 5.74) is 3.41. The number of ether oxygens (including phenoxy) is 5. The lowest BCUT2D eigenvalue weighted by atomic mass is 9.86. The van der Waals surface area contributed by atoms with E-state index in [-0.39, 0.29) is 6.42 Å². The normalized spacial score (nSPS) is 22.3. The van der Waals surface area contributed by atoms with Crippen LogP contribution in [0.25, 0.3) is 0 Å². The Morgan fingerprint density at radius 1 is 1.02 bits per heavy atom. The average molecular weight is 554 g/mol. The number of fused-ring (bicyclic) bond motifs is 1. The van der Waals surface area contributed by atoms with Gasteiger partial charge in [0, 0.05) is 31.4 Å². The molecular formula is C32H43NO7. The molecular weight excluding hydrogens is 510 g/mol. The molecule has 2 aliphatic rings. The van der Waals surface area contributed by atoms with Gasteiger partial charge < -0.3 is 28.6 Å². The Balaban J connectivity index is 1.62. The zero-order valence-electron chi connectivity index (χ0n) is 24.2. The molecule has 4 atom stereocenters. The molecule has 2 aromatic carbocycles. The number of rotatable bonds is 12. The molecule has 0 saturated carbocycles. The molecule has 2 unspecified atom stereocenters. The fourth-order valence-electron chi connectivity index (χ4n) is 5.79. The van der Waals surface area contributed by atoms with Crippen molar-refractivity contribution in [3.8, 4) is 11.5 Å². The summed E-state index contributed by atoms with van der Waals surface area (Å²) in [5, 5.41) is 0. The van der Waals surface area contributed by atoms with Crippen LogP contribution in [0, 0.1) is 0 Å². The van der Waals surface area contributed by atoms with Crippen LogP contribution in [0.5, 0.6) is 11.5 Å². The Morgan fingerprint density at radius 2 is 1.77 bits per heavy atom. The minimum absolute atomic E-state index is 0.225. The molecule has 0 N–H and O–H groups in total. The van der Waals surface area contributed by atoms with E-state index in [0.717, 1.165) is 56.3 Å². The second-order valence-corrected chi connectivity index (χ2v) is 10.6. The van der Waals surface area contributed by atoms with Gasteiger partial charge >= 0.3 is 11.9 Å². The van der Waals surface area contributed by atoms with Crippen LogP contribution in [0.3, 0.4) is 0 Å². The first-order valence-corrected chi connectivity index (χ1v) is 14.5. The third-order valence-electron chi connectivity index (χ3n) is 7.57. The predicted octanol–water partition coefficient (Wildman–Crippen LogP) is 5.23. The minimum atomic E-state index is -0.887. The van der Waals surface area contributed by atoms with E-state index < -0.39 is 30.4 Å². The first-order valence-electron chi connectivity index (χ1n) is 14.5. The standard InChI is InChI=1S/C32H43NO7/c1-5-16-33(17-6-2)25-13-14-27-24(18-25)12-15-28(37-21-23-10-8-7-9-11-23)31(27)40-30-20-26(38-22(3)34)19-29(39-30)32(35)36-4/h7-12,15,25-26,29-30H,5-6,13-14,16-21H2,1-4H3/t25-,26?,29-,30?/m0/s1. The Morgan fingerprint density at radius 3 is 2.45 bits per heavy atom. The highest BCUT2D eigenvalue weighted by Crippen LogP contribution is 2.41. The molecule has 2 aromatic rings. The van der Waals surface area contributed by atoms with Crippen LogP contribution in [0.4, 0.5) is 0 Å². The van der Waals surface area contributed by atoms with Crippen LogP contribution in [0.2, 0.25) is 0 Å². The van der Waals surface area contributed by atoms with Crippen molar-refractivity contribution in [3.63, 3.8) is 0 Å². The number of methoxy groups -OCH3 is 1. The van der Waals surface area contributed by atoms with Gasteiger partial charge in [-0.05, 0) is 62.4 Å². The topological polar surface area (TPSA) is 83.5 Å². The van der Waals surface area contributed by atoms with Gasteiger partial charge in [0.25, 0.3) is 0 Å². The fraction of sp³-hybridized carbons (Fsp3) is 0.562. The smallest absolute Gasteiger partial charge is 0.335 e. The van der Waals surface area contributed by atoms with Crippen LogP contribution in [-0.4, -0.2) is 61.6 Å². The molecule has 4 rings (SSSR count). The quantitative estimate of drug-likeness (QED) is 0.330. The van der Waals surface area contributed by atoms with E-state index in [1.54, 1.807) is 0 Å². The zero-order valence-corrected chi connectivity index (χ0v) is 24.2. The molecule has 8 nitrogen and oxygen atoms in total. The molecule has 1 fully saturated rings. The average Bonchev–Trinajstić information content (AvgIpc) is 2.96. The van der Waals surface area contributed by atoms with Gasteiger partial charge in [0.2, 0.25) is 6.29 Å². The number of nitrogens with zero attached hydrogens (tertiary/aromatic N) is 1. The maximum atomic E-state index is 12.4. The number of hydrogen-bond donors (Lipinski definition) is 0. The highest BCUT2D eigenvalue weighted by molar-refractivity contribution is 5.75. The van der Waals surface area contributed by atoms with Gasteiger partial charge in [0.05, 0.1) is 7.11 Å². The third-order valence-corrected chi connectivity index (χ3v) is 7.57. The third kappa shape index (κ3) is 7.76. The molecule has 0 radical (unpaired) electrons. The predicted molar refractivity (Wildman–Crippen MR) is 151 cm³/mol. The lowest BCUT2D eigenvalue weighted by Gasteiger charge is -2.37. The van der Waals surface area contributed by atoms with Gasteiger partial charge in [0.1, 0.15) is 12.7 Å². The maximum absolute atomic E-state index is 12.4. The van der Waals surface area contributed by atoms with Crippen LogP contribution in [0.15, 0.2) is 42.5 Å². The number of carbonyl (C=O) groups excluding carboxylic acids is 2. The van der Waals surface area contributed by atoms with E-state index in [1.165, 1.54) is 19.6 Å². The molecule has 8 heteroatoms. The van der Waals surface area contributed by atoms with Gasteiger partial charge in [-0.1, -0.05) is 50.2 Å². The highest BCUT2D eigenvalue weighted by Gasteiger charge is 2.38. The van der Waals surface area contributed by atoms with Crippen molar-refractivity contribution in [2.24, 2.45) is 0 Å². The van der Waals surface area contributed by atoms with E-state index in [2.05, 4.69) is 24.8 Å².